The monoisotopic (exact) mass is 374 g/mol. The molecule has 0 radical (unpaired) electrons. The van der Waals surface area contributed by atoms with Gasteiger partial charge >= 0.3 is 6.09 Å². The zero-order valence-electron chi connectivity index (χ0n) is 15.3. The number of aromatic nitrogens is 1. The maximum Gasteiger partial charge on any atom is 0.410 e. The number of hydrogen-bond acceptors (Lipinski definition) is 7. The van der Waals surface area contributed by atoms with E-state index in [1.165, 1.54) is 4.90 Å². The molecule has 1 saturated carbocycles. The number of nitriles is 3. The van der Waals surface area contributed by atoms with Crippen molar-refractivity contribution in [3.63, 3.8) is 0 Å². The number of carbonyl (C=O) groups is 1. The molecule has 28 heavy (non-hydrogen) atoms. The zero-order valence-corrected chi connectivity index (χ0v) is 15.3. The molecule has 1 aliphatic carbocycles. The predicted molar refractivity (Wildman–Crippen MR) is 97.6 cm³/mol. The average molecular weight is 374 g/mol. The third-order valence-electron chi connectivity index (χ3n) is 5.38. The lowest BCUT2D eigenvalue weighted by Gasteiger charge is -2.47. The highest BCUT2D eigenvalue weighted by Gasteiger charge is 2.56. The summed E-state index contributed by atoms with van der Waals surface area (Å²) in [5.74, 6) is -1.90. The van der Waals surface area contributed by atoms with Crippen molar-refractivity contribution in [1.29, 1.82) is 21.2 Å². The van der Waals surface area contributed by atoms with Gasteiger partial charge in [0.15, 0.2) is 0 Å². The van der Waals surface area contributed by atoms with Crippen molar-refractivity contribution in [2.75, 3.05) is 19.7 Å². The molecule has 0 spiro atoms. The van der Waals surface area contributed by atoms with Crippen LogP contribution in [0, 0.1) is 56.7 Å². The van der Waals surface area contributed by atoms with E-state index in [1.807, 2.05) is 12.1 Å². The third-order valence-corrected chi connectivity index (χ3v) is 5.38. The summed E-state index contributed by atoms with van der Waals surface area (Å²) in [6.45, 7) is 2.33. The highest BCUT2D eigenvalue weighted by molar-refractivity contribution is 6.01. The second-order valence-electron chi connectivity index (χ2n) is 6.67. The van der Waals surface area contributed by atoms with E-state index < -0.39 is 29.3 Å². The lowest BCUT2D eigenvalue weighted by Crippen LogP contribution is -2.53. The molecule has 1 N–H and O–H groups in total. The molecule has 1 aromatic heterocycles. The predicted octanol–water partition coefficient (Wildman–Crippen LogP) is 2.39. The van der Waals surface area contributed by atoms with Gasteiger partial charge in [-0.05, 0) is 30.2 Å². The minimum Gasteiger partial charge on any atom is -0.450 e. The fourth-order valence-corrected chi connectivity index (χ4v) is 4.10. The first-order valence-electron chi connectivity index (χ1n) is 8.87. The van der Waals surface area contributed by atoms with Gasteiger partial charge in [-0.1, -0.05) is 6.08 Å². The molecule has 0 aromatic carbocycles. The van der Waals surface area contributed by atoms with Gasteiger partial charge in [-0.2, -0.15) is 15.8 Å². The van der Waals surface area contributed by atoms with Crippen LogP contribution in [0.2, 0.25) is 0 Å². The second-order valence-corrected chi connectivity index (χ2v) is 6.67. The van der Waals surface area contributed by atoms with Crippen LogP contribution in [-0.4, -0.2) is 41.4 Å². The Kier molecular flexibility index (Phi) is 5.11. The molecule has 1 amide bonds. The van der Waals surface area contributed by atoms with Crippen LogP contribution in [0.1, 0.15) is 18.4 Å². The number of amides is 1. The van der Waals surface area contributed by atoms with Crippen molar-refractivity contribution in [2.45, 2.75) is 12.8 Å². The summed E-state index contributed by atoms with van der Waals surface area (Å²) in [6.07, 6.45) is 4.37. The molecule has 3 atom stereocenters. The third kappa shape index (κ3) is 2.78. The van der Waals surface area contributed by atoms with E-state index in [2.05, 4.69) is 11.1 Å². The molecule has 0 bridgehead atoms. The number of hydrogen-bond donors (Lipinski definition) is 1. The topological polar surface area (TPSA) is 138 Å². The Bertz CT molecular complexity index is 936. The molecule has 1 aromatic rings. The van der Waals surface area contributed by atoms with Crippen LogP contribution in [0.5, 0.6) is 0 Å². The van der Waals surface area contributed by atoms with E-state index in [9.17, 15) is 20.6 Å². The van der Waals surface area contributed by atoms with E-state index >= 15 is 0 Å². The first-order chi connectivity index (χ1) is 13.5. The minimum absolute atomic E-state index is 0.184. The van der Waals surface area contributed by atoms with Crippen molar-refractivity contribution in [3.8, 4) is 18.2 Å². The molecule has 8 heteroatoms. The Morgan fingerprint density at radius 1 is 1.36 bits per heavy atom. The van der Waals surface area contributed by atoms with E-state index in [-0.39, 0.29) is 25.4 Å². The van der Waals surface area contributed by atoms with E-state index in [1.54, 1.807) is 37.5 Å². The summed E-state index contributed by atoms with van der Waals surface area (Å²) in [4.78, 5) is 17.8. The maximum atomic E-state index is 12.3. The van der Waals surface area contributed by atoms with Crippen LogP contribution in [0.25, 0.3) is 0 Å². The van der Waals surface area contributed by atoms with Gasteiger partial charge in [0.25, 0.3) is 0 Å². The van der Waals surface area contributed by atoms with Crippen LogP contribution < -0.4 is 0 Å². The summed E-state index contributed by atoms with van der Waals surface area (Å²) in [5, 5.41) is 37.9. The number of rotatable bonds is 2. The van der Waals surface area contributed by atoms with Crippen molar-refractivity contribution in [1.82, 2.24) is 9.88 Å². The molecule has 2 heterocycles. The molecule has 140 valence electrons. The Hall–Kier alpha value is -3.70. The Morgan fingerprint density at radius 2 is 2.04 bits per heavy atom. The second kappa shape index (κ2) is 7.50. The zero-order chi connectivity index (χ0) is 20.3. The summed E-state index contributed by atoms with van der Waals surface area (Å²) in [6, 6.07) is 9.58. The quantitative estimate of drug-likeness (QED) is 0.789. The number of ether oxygens (including phenoxy) is 1. The van der Waals surface area contributed by atoms with Gasteiger partial charge in [-0.15, -0.1) is 0 Å². The number of pyridine rings is 1. The van der Waals surface area contributed by atoms with Gasteiger partial charge in [0.1, 0.15) is 0 Å². The SMILES string of the molecule is CCOC(=O)N1CC=C2[C@@H](C1)[C@@H](c1ccncc1)[C@H](C#N)C(=N)C2(C#N)C#N. The van der Waals surface area contributed by atoms with E-state index in [0.717, 1.165) is 5.56 Å². The van der Waals surface area contributed by atoms with Crippen molar-refractivity contribution in [3.05, 3.63) is 41.7 Å². The number of carbonyl (C=O) groups excluding carboxylic acids is 1. The maximum absolute atomic E-state index is 12.3. The van der Waals surface area contributed by atoms with Gasteiger partial charge in [0.2, 0.25) is 5.41 Å². The fourth-order valence-electron chi connectivity index (χ4n) is 4.10. The molecule has 1 aliphatic heterocycles. The van der Waals surface area contributed by atoms with Crippen molar-refractivity contribution in [2.24, 2.45) is 17.3 Å². The van der Waals surface area contributed by atoms with Gasteiger partial charge in [-0.3, -0.25) is 4.98 Å². The number of nitrogens with one attached hydrogen (secondary N) is 1. The van der Waals surface area contributed by atoms with Crippen molar-refractivity contribution >= 4 is 11.8 Å². The molecule has 2 aliphatic rings. The lowest BCUT2D eigenvalue weighted by atomic mass is 9.55. The Morgan fingerprint density at radius 3 is 2.61 bits per heavy atom. The van der Waals surface area contributed by atoms with Crippen LogP contribution >= 0.6 is 0 Å². The Balaban J connectivity index is 2.16. The largest absolute Gasteiger partial charge is 0.450 e. The first kappa shape index (κ1) is 19.1. The normalized spacial score (nSPS) is 25.4. The summed E-state index contributed by atoms with van der Waals surface area (Å²) >= 11 is 0. The fraction of sp³-hybridized carbons (Fsp3) is 0.400. The first-order valence-corrected chi connectivity index (χ1v) is 8.87. The molecule has 1 fully saturated rings. The molecular formula is C20H18N6O2. The highest BCUT2D eigenvalue weighted by atomic mass is 16.6. The summed E-state index contributed by atoms with van der Waals surface area (Å²) in [7, 11) is 0. The number of fused-ring (bicyclic) bond motifs is 1. The van der Waals surface area contributed by atoms with E-state index in [0.29, 0.717) is 5.57 Å². The Labute approximate surface area is 162 Å². The molecule has 3 rings (SSSR count). The van der Waals surface area contributed by atoms with Crippen LogP contribution in [0.4, 0.5) is 4.79 Å². The van der Waals surface area contributed by atoms with Gasteiger partial charge in [-0.25, -0.2) is 4.79 Å². The van der Waals surface area contributed by atoms with Crippen molar-refractivity contribution < 1.29 is 9.53 Å². The smallest absolute Gasteiger partial charge is 0.410 e. The van der Waals surface area contributed by atoms with Gasteiger partial charge in [0.05, 0.1) is 36.4 Å². The van der Waals surface area contributed by atoms with Gasteiger partial charge < -0.3 is 15.0 Å². The standard InChI is InChI=1S/C20H18N6O2/c1-2-28-19(27)26-8-5-16-15(10-26)17(13-3-6-25-7-4-13)14(9-21)18(24)20(16,11-22)12-23/h3-7,14-15,17,24H,2,8,10H2,1H3/t14-,15+,17-/m0/s1. The summed E-state index contributed by atoms with van der Waals surface area (Å²) in [5.41, 5.74) is -0.752. The highest BCUT2D eigenvalue weighted by Crippen LogP contribution is 2.52. The molecule has 0 unspecified atom stereocenters. The summed E-state index contributed by atoms with van der Waals surface area (Å²) < 4.78 is 5.09. The van der Waals surface area contributed by atoms with Crippen LogP contribution in [-0.2, 0) is 4.74 Å². The minimum atomic E-state index is -1.80. The lowest BCUT2D eigenvalue weighted by molar-refractivity contribution is 0.0998. The molecular weight excluding hydrogens is 356 g/mol. The van der Waals surface area contributed by atoms with Crippen LogP contribution in [0.3, 0.4) is 0 Å². The molecule has 8 nitrogen and oxygen atoms in total. The number of nitrogens with zero attached hydrogens (tertiary/aromatic N) is 5. The van der Waals surface area contributed by atoms with Crippen LogP contribution in [0.15, 0.2) is 36.2 Å². The van der Waals surface area contributed by atoms with Gasteiger partial charge in [0, 0.05) is 37.3 Å². The van der Waals surface area contributed by atoms with E-state index in [4.69, 9.17) is 10.1 Å². The average Bonchev–Trinajstić information content (AvgIpc) is 2.74. The molecule has 0 saturated heterocycles.